The number of phenols is 6. The molecule has 0 aliphatic carbocycles. The standard InChI is InChI=1S/2C48H69N3O6/c2*1-43(2,3)31-19-28(20-32(37(31)52)44(4,5)6)25-49-40(55)50(26-29-21-33(45(7,8)9)38(53)34(22-29)46(10,11)12)42(57)51(41(49)56)27-30-23-35(47(13,14)15)39(54)36(24-30)48(16,17)18/h2*19-24,52-54H,25-27H2,1-18H3. The largest absolute Gasteiger partial charge is 0.507 e. The number of hydrogen-bond donors (Lipinski definition) is 6. The number of aromatic hydroxyl groups is 6. The molecule has 2 heterocycles. The van der Waals surface area contributed by atoms with Crippen LogP contribution in [0.2, 0.25) is 0 Å². The molecule has 0 unspecified atom stereocenters. The summed E-state index contributed by atoms with van der Waals surface area (Å²) in [6, 6.07) is 22.1. The van der Waals surface area contributed by atoms with Gasteiger partial charge in [-0.3, -0.25) is 0 Å². The Morgan fingerprint density at radius 1 is 0.167 bits per heavy atom. The third-order valence-electron chi connectivity index (χ3n) is 21.5. The monoisotopic (exact) mass is 1570 g/mol. The predicted octanol–water partition coefficient (Wildman–Crippen LogP) is 18.4. The van der Waals surface area contributed by atoms with E-state index in [4.69, 9.17) is 0 Å². The van der Waals surface area contributed by atoms with E-state index in [2.05, 4.69) is 0 Å². The molecule has 114 heavy (non-hydrogen) atoms. The van der Waals surface area contributed by atoms with Gasteiger partial charge in [0.2, 0.25) is 0 Å². The van der Waals surface area contributed by atoms with E-state index < -0.39 is 99.1 Å². The Balaban J connectivity index is 0.000000316. The first kappa shape index (κ1) is 92.1. The third kappa shape index (κ3) is 20.1. The summed E-state index contributed by atoms with van der Waals surface area (Å²) in [5, 5.41) is 68.7. The first-order chi connectivity index (χ1) is 51.1. The zero-order chi connectivity index (χ0) is 87.5. The molecule has 6 aromatic carbocycles. The van der Waals surface area contributed by atoms with Crippen molar-refractivity contribution in [2.75, 3.05) is 0 Å². The molecular formula is C96H138N6O12. The lowest BCUT2D eigenvalue weighted by Gasteiger charge is -2.29. The van der Waals surface area contributed by atoms with Gasteiger partial charge < -0.3 is 30.6 Å². The van der Waals surface area contributed by atoms with E-state index in [-0.39, 0.29) is 73.8 Å². The van der Waals surface area contributed by atoms with Gasteiger partial charge in [0.1, 0.15) is 34.5 Å². The fourth-order valence-electron chi connectivity index (χ4n) is 14.8. The molecule has 0 amide bonds. The number of phenolic OH excluding ortho intramolecular Hbond substituents is 6. The van der Waals surface area contributed by atoms with Crippen LogP contribution in [0.4, 0.5) is 0 Å². The predicted molar refractivity (Wildman–Crippen MR) is 466 cm³/mol. The second kappa shape index (κ2) is 30.9. The van der Waals surface area contributed by atoms with Crippen LogP contribution >= 0.6 is 0 Å². The highest BCUT2D eigenvalue weighted by Crippen LogP contribution is 2.47. The Bertz CT molecular complexity index is 4260. The normalized spacial score (nSPS) is 13.4. The van der Waals surface area contributed by atoms with Crippen molar-refractivity contribution in [2.24, 2.45) is 0 Å². The average Bonchev–Trinajstić information content (AvgIpc) is 0.757. The van der Waals surface area contributed by atoms with Gasteiger partial charge in [-0.25, -0.2) is 56.2 Å². The summed E-state index contributed by atoms with van der Waals surface area (Å²) >= 11 is 0. The summed E-state index contributed by atoms with van der Waals surface area (Å²) in [6.07, 6.45) is 0. The van der Waals surface area contributed by atoms with E-state index in [1.807, 2.05) is 322 Å². The van der Waals surface area contributed by atoms with Crippen LogP contribution < -0.4 is 34.1 Å². The second-order valence-corrected chi connectivity index (χ2v) is 44.4. The van der Waals surface area contributed by atoms with Gasteiger partial charge in [-0.1, -0.05) is 249 Å². The van der Waals surface area contributed by atoms with Crippen molar-refractivity contribution in [3.05, 3.63) is 236 Å². The molecule has 0 fully saturated rings. The smallest absolute Gasteiger partial charge is 0.336 e. The molecule has 0 saturated heterocycles. The summed E-state index contributed by atoms with van der Waals surface area (Å²) < 4.78 is 6.66. The van der Waals surface area contributed by atoms with Crippen molar-refractivity contribution in [3.8, 4) is 34.5 Å². The van der Waals surface area contributed by atoms with Gasteiger partial charge in [-0.15, -0.1) is 0 Å². The van der Waals surface area contributed by atoms with Crippen molar-refractivity contribution in [3.63, 3.8) is 0 Å². The van der Waals surface area contributed by atoms with Crippen molar-refractivity contribution in [1.29, 1.82) is 0 Å². The van der Waals surface area contributed by atoms with Crippen molar-refractivity contribution < 1.29 is 30.6 Å². The minimum atomic E-state index is -0.761. The van der Waals surface area contributed by atoms with Crippen LogP contribution in [0.5, 0.6) is 34.5 Å². The summed E-state index contributed by atoms with van der Waals surface area (Å²) in [6.45, 7) is 71.2. The fourth-order valence-corrected chi connectivity index (χ4v) is 14.8. The Labute approximate surface area is 678 Å². The quantitative estimate of drug-likeness (QED) is 0.0668. The van der Waals surface area contributed by atoms with Gasteiger partial charge >= 0.3 is 34.1 Å². The van der Waals surface area contributed by atoms with Crippen molar-refractivity contribution in [2.45, 2.75) is 354 Å². The number of nitrogens with zero attached hydrogens (tertiary/aromatic N) is 6. The molecule has 18 heteroatoms. The highest BCUT2D eigenvalue weighted by molar-refractivity contribution is 5.56. The Morgan fingerprint density at radius 2 is 0.237 bits per heavy atom. The Morgan fingerprint density at radius 3 is 0.298 bits per heavy atom. The van der Waals surface area contributed by atoms with Crippen LogP contribution in [0.3, 0.4) is 0 Å². The number of benzene rings is 6. The minimum absolute atomic E-state index is 0.142. The highest BCUT2D eigenvalue weighted by atomic mass is 16.3. The summed E-state index contributed by atoms with van der Waals surface area (Å²) in [5.41, 5.74) is 2.13. The molecule has 0 aliphatic rings. The van der Waals surface area contributed by atoms with E-state index in [1.54, 1.807) is 0 Å². The van der Waals surface area contributed by atoms with E-state index in [0.29, 0.717) is 100 Å². The van der Waals surface area contributed by atoms with Crippen LogP contribution in [0.1, 0.15) is 349 Å². The topological polar surface area (TPSA) is 253 Å². The van der Waals surface area contributed by atoms with Crippen molar-refractivity contribution in [1.82, 2.24) is 27.4 Å². The lowest BCUT2D eigenvalue weighted by molar-refractivity contribution is 0.419. The Kier molecular flexibility index (Phi) is 24.9. The SMILES string of the molecule is CC(C)(C)c1cc(Cn2c(=O)n(Cc3cc(C(C)(C)C)c(O)c(C(C)(C)C)c3)c(=O)n(Cc3cc(C(C)(C)C)c(O)c(C(C)(C)C)c3)c2=O)cc(C(C)(C)C)c1O.CC(C)(C)c1cc(Cn2c(=O)n(Cc3cc(C(C)(C)C)c(O)c(C(C)(C)C)c3)c(=O)n(Cc3cc(C(C)(C)C)c(O)c(C(C)(C)C)c3)c2=O)cc(C(C)(C)C)c1O. The molecule has 18 nitrogen and oxygen atoms in total. The lowest BCUT2D eigenvalue weighted by atomic mass is 9.78. The maximum atomic E-state index is 14.7. The molecule has 0 atom stereocenters. The molecule has 0 spiro atoms. The maximum absolute atomic E-state index is 14.7. The van der Waals surface area contributed by atoms with Gasteiger partial charge in [-0.2, -0.15) is 0 Å². The van der Waals surface area contributed by atoms with Crippen LogP contribution in [0.25, 0.3) is 0 Å². The first-order valence-electron chi connectivity index (χ1n) is 40.2. The second-order valence-electron chi connectivity index (χ2n) is 44.4. The molecule has 0 bridgehead atoms. The zero-order valence-electron chi connectivity index (χ0n) is 76.0. The summed E-state index contributed by atoms with van der Waals surface area (Å²) in [7, 11) is 0. The molecular weight excluding hydrogens is 1430 g/mol. The molecule has 0 aliphatic heterocycles. The van der Waals surface area contributed by atoms with E-state index in [0.717, 1.165) is 27.4 Å². The molecule has 8 aromatic rings. The van der Waals surface area contributed by atoms with Gasteiger partial charge in [0.05, 0.1) is 39.3 Å². The van der Waals surface area contributed by atoms with Gasteiger partial charge in [0.25, 0.3) is 0 Å². The zero-order valence-corrected chi connectivity index (χ0v) is 76.0. The molecule has 624 valence electrons. The number of hydrogen-bond acceptors (Lipinski definition) is 12. The van der Waals surface area contributed by atoms with Crippen molar-refractivity contribution >= 4 is 0 Å². The highest BCUT2D eigenvalue weighted by Gasteiger charge is 2.36. The molecule has 0 saturated carbocycles. The summed E-state index contributed by atoms with van der Waals surface area (Å²) in [4.78, 5) is 88.1. The molecule has 8 rings (SSSR count). The minimum Gasteiger partial charge on any atom is -0.507 e. The van der Waals surface area contributed by atoms with Crippen LogP contribution in [-0.4, -0.2) is 58.0 Å². The Hall–Kier alpha value is -9.06. The fraction of sp³-hybridized carbons (Fsp3) is 0.562. The van der Waals surface area contributed by atoms with Gasteiger partial charge in [0, 0.05) is 0 Å². The van der Waals surface area contributed by atoms with Crippen LogP contribution in [0, 0.1) is 0 Å². The maximum Gasteiger partial charge on any atom is 0.336 e. The first-order valence-corrected chi connectivity index (χ1v) is 40.2. The van der Waals surface area contributed by atoms with Crippen LogP contribution in [0.15, 0.2) is 102 Å². The molecule has 6 N–H and O–H groups in total. The molecule has 0 radical (unpaired) electrons. The van der Waals surface area contributed by atoms with Gasteiger partial charge in [-0.05, 0) is 238 Å². The number of aromatic nitrogens is 6. The number of rotatable bonds is 12. The summed E-state index contributed by atoms with van der Waals surface area (Å²) in [5.74, 6) is 1.09. The van der Waals surface area contributed by atoms with Crippen LogP contribution in [-0.2, 0) is 104 Å². The van der Waals surface area contributed by atoms with E-state index >= 15 is 0 Å². The van der Waals surface area contributed by atoms with E-state index in [9.17, 15) is 59.4 Å². The molecule has 2 aromatic heterocycles. The van der Waals surface area contributed by atoms with E-state index in [1.165, 1.54) is 0 Å². The third-order valence-corrected chi connectivity index (χ3v) is 21.5. The van der Waals surface area contributed by atoms with Gasteiger partial charge in [0.15, 0.2) is 0 Å². The average molecular weight is 1570 g/mol. The lowest BCUT2D eigenvalue weighted by Crippen LogP contribution is -2.55.